The molecular formula is C14H26N2O3. The van der Waals surface area contributed by atoms with Gasteiger partial charge in [0.25, 0.3) is 0 Å². The molecule has 2 amide bonds. The molecule has 1 aliphatic carbocycles. The van der Waals surface area contributed by atoms with Crippen molar-refractivity contribution in [1.82, 2.24) is 10.6 Å². The third-order valence-electron chi connectivity index (χ3n) is 3.95. The standard InChI is InChI=1S/C14H26N2O3/c1-2-11-5-7-12(8-6-11)10-16-14(19)15-9-3-4-13(17)18/h11-12H,2-10H2,1H3,(H,17,18)(H2,15,16,19). The van der Waals surface area contributed by atoms with E-state index in [4.69, 9.17) is 5.11 Å². The minimum Gasteiger partial charge on any atom is -0.481 e. The van der Waals surface area contributed by atoms with Crippen LogP contribution in [-0.4, -0.2) is 30.2 Å². The number of nitrogens with one attached hydrogen (secondary N) is 2. The van der Waals surface area contributed by atoms with Gasteiger partial charge in [-0.2, -0.15) is 0 Å². The Labute approximate surface area is 115 Å². The van der Waals surface area contributed by atoms with Gasteiger partial charge in [0.1, 0.15) is 0 Å². The van der Waals surface area contributed by atoms with Gasteiger partial charge in [-0.3, -0.25) is 4.79 Å². The van der Waals surface area contributed by atoms with E-state index in [1.165, 1.54) is 32.1 Å². The number of amides is 2. The average Bonchev–Trinajstić information content (AvgIpc) is 2.41. The zero-order valence-electron chi connectivity index (χ0n) is 11.8. The maximum absolute atomic E-state index is 11.5. The molecule has 0 unspecified atom stereocenters. The molecule has 5 heteroatoms. The monoisotopic (exact) mass is 270 g/mol. The van der Waals surface area contributed by atoms with Crippen LogP contribution in [0.2, 0.25) is 0 Å². The van der Waals surface area contributed by atoms with Gasteiger partial charge >= 0.3 is 12.0 Å². The van der Waals surface area contributed by atoms with Crippen molar-refractivity contribution in [3.05, 3.63) is 0 Å². The largest absolute Gasteiger partial charge is 0.481 e. The summed E-state index contributed by atoms with van der Waals surface area (Å²) < 4.78 is 0. The number of rotatable bonds is 7. The first-order valence-corrected chi connectivity index (χ1v) is 7.35. The highest BCUT2D eigenvalue weighted by Gasteiger charge is 2.20. The summed E-state index contributed by atoms with van der Waals surface area (Å²) in [5.41, 5.74) is 0. The number of aliphatic carboxylic acids is 1. The number of urea groups is 1. The summed E-state index contributed by atoms with van der Waals surface area (Å²) in [6.45, 7) is 3.40. The molecule has 0 radical (unpaired) electrons. The Bertz CT molecular complexity index is 286. The third kappa shape index (κ3) is 7.03. The van der Waals surface area contributed by atoms with Gasteiger partial charge in [-0.25, -0.2) is 4.79 Å². The highest BCUT2D eigenvalue weighted by atomic mass is 16.4. The van der Waals surface area contributed by atoms with Crippen LogP contribution in [0.5, 0.6) is 0 Å². The minimum absolute atomic E-state index is 0.0985. The van der Waals surface area contributed by atoms with Crippen molar-refractivity contribution in [1.29, 1.82) is 0 Å². The molecule has 0 heterocycles. The predicted molar refractivity (Wildman–Crippen MR) is 74.0 cm³/mol. The van der Waals surface area contributed by atoms with Crippen molar-refractivity contribution in [3.63, 3.8) is 0 Å². The van der Waals surface area contributed by atoms with Gasteiger partial charge < -0.3 is 15.7 Å². The first-order valence-electron chi connectivity index (χ1n) is 7.35. The summed E-state index contributed by atoms with van der Waals surface area (Å²) in [5, 5.41) is 14.0. The Morgan fingerprint density at radius 2 is 1.74 bits per heavy atom. The molecule has 110 valence electrons. The van der Waals surface area contributed by atoms with Crippen molar-refractivity contribution in [3.8, 4) is 0 Å². The molecule has 19 heavy (non-hydrogen) atoms. The second kappa shape index (κ2) is 8.77. The molecule has 0 atom stereocenters. The molecule has 0 aromatic carbocycles. The molecule has 0 aromatic rings. The molecule has 1 rings (SSSR count). The number of carboxylic acid groups (broad SMARTS) is 1. The van der Waals surface area contributed by atoms with Crippen LogP contribution in [-0.2, 0) is 4.79 Å². The molecule has 1 saturated carbocycles. The summed E-state index contributed by atoms with van der Waals surface area (Å²) >= 11 is 0. The van der Waals surface area contributed by atoms with Crippen LogP contribution < -0.4 is 10.6 Å². The molecule has 5 nitrogen and oxygen atoms in total. The highest BCUT2D eigenvalue weighted by molar-refractivity contribution is 5.73. The number of hydrogen-bond acceptors (Lipinski definition) is 2. The Morgan fingerprint density at radius 3 is 2.32 bits per heavy atom. The van der Waals surface area contributed by atoms with Crippen molar-refractivity contribution in [2.45, 2.75) is 51.9 Å². The molecule has 0 spiro atoms. The normalized spacial score (nSPS) is 22.8. The van der Waals surface area contributed by atoms with Gasteiger partial charge in [0, 0.05) is 19.5 Å². The van der Waals surface area contributed by atoms with Gasteiger partial charge in [0.05, 0.1) is 0 Å². The molecule has 1 fully saturated rings. The third-order valence-corrected chi connectivity index (χ3v) is 3.95. The molecular weight excluding hydrogens is 244 g/mol. The first kappa shape index (κ1) is 15.8. The predicted octanol–water partition coefficient (Wildman–Crippen LogP) is 2.37. The Kier molecular flexibility index (Phi) is 7.30. The number of hydrogen-bond donors (Lipinski definition) is 3. The van der Waals surface area contributed by atoms with Gasteiger partial charge in [-0.15, -0.1) is 0 Å². The van der Waals surface area contributed by atoms with E-state index in [9.17, 15) is 9.59 Å². The summed E-state index contributed by atoms with van der Waals surface area (Å²) in [6, 6.07) is -0.178. The van der Waals surface area contributed by atoms with E-state index in [1.807, 2.05) is 0 Å². The first-order chi connectivity index (χ1) is 9.11. The zero-order chi connectivity index (χ0) is 14.1. The van der Waals surface area contributed by atoms with Crippen LogP contribution in [0.3, 0.4) is 0 Å². The smallest absolute Gasteiger partial charge is 0.314 e. The second-order valence-corrected chi connectivity index (χ2v) is 5.43. The lowest BCUT2D eigenvalue weighted by Crippen LogP contribution is -2.39. The van der Waals surface area contributed by atoms with Crippen LogP contribution in [0.4, 0.5) is 4.79 Å². The SMILES string of the molecule is CCC1CCC(CNC(=O)NCCCC(=O)O)CC1. The summed E-state index contributed by atoms with van der Waals surface area (Å²) in [5.74, 6) is 0.656. The van der Waals surface area contributed by atoms with Crippen molar-refractivity contribution in [2.24, 2.45) is 11.8 Å². The van der Waals surface area contributed by atoms with Crippen LogP contribution in [0, 0.1) is 11.8 Å². The van der Waals surface area contributed by atoms with Gasteiger partial charge in [0.15, 0.2) is 0 Å². The Morgan fingerprint density at radius 1 is 1.11 bits per heavy atom. The van der Waals surface area contributed by atoms with Gasteiger partial charge in [0.2, 0.25) is 0 Å². The highest BCUT2D eigenvalue weighted by Crippen LogP contribution is 2.29. The van der Waals surface area contributed by atoms with E-state index in [-0.39, 0.29) is 12.5 Å². The maximum Gasteiger partial charge on any atom is 0.314 e. The zero-order valence-corrected chi connectivity index (χ0v) is 11.8. The van der Waals surface area contributed by atoms with E-state index in [1.54, 1.807) is 0 Å². The molecule has 1 aliphatic rings. The van der Waals surface area contributed by atoms with Crippen LogP contribution in [0.1, 0.15) is 51.9 Å². The van der Waals surface area contributed by atoms with Gasteiger partial charge in [-0.1, -0.05) is 26.2 Å². The van der Waals surface area contributed by atoms with Crippen molar-refractivity contribution < 1.29 is 14.7 Å². The lowest BCUT2D eigenvalue weighted by molar-refractivity contribution is -0.137. The molecule has 3 N–H and O–H groups in total. The lowest BCUT2D eigenvalue weighted by Gasteiger charge is -2.27. The van der Waals surface area contributed by atoms with E-state index < -0.39 is 5.97 Å². The fourth-order valence-electron chi connectivity index (χ4n) is 2.58. The summed E-state index contributed by atoms with van der Waals surface area (Å²) in [7, 11) is 0. The van der Waals surface area contributed by atoms with Crippen molar-refractivity contribution in [2.75, 3.05) is 13.1 Å². The number of carbonyl (C=O) groups excluding carboxylic acids is 1. The number of carboxylic acids is 1. The lowest BCUT2D eigenvalue weighted by atomic mass is 9.81. The quantitative estimate of drug-likeness (QED) is 0.621. The Balaban J connectivity index is 2.02. The molecule has 0 bridgehead atoms. The van der Waals surface area contributed by atoms with Crippen LogP contribution in [0.15, 0.2) is 0 Å². The summed E-state index contributed by atoms with van der Waals surface area (Å²) in [4.78, 5) is 21.8. The minimum atomic E-state index is -0.824. The maximum atomic E-state index is 11.5. The fourth-order valence-corrected chi connectivity index (χ4v) is 2.58. The van der Waals surface area contributed by atoms with Gasteiger partial charge in [-0.05, 0) is 31.1 Å². The molecule has 0 saturated heterocycles. The van der Waals surface area contributed by atoms with Crippen molar-refractivity contribution >= 4 is 12.0 Å². The molecule has 0 aromatic heterocycles. The van der Waals surface area contributed by atoms with E-state index >= 15 is 0 Å². The molecule has 0 aliphatic heterocycles. The summed E-state index contributed by atoms with van der Waals surface area (Å²) in [6.07, 6.45) is 6.82. The van der Waals surface area contributed by atoms with E-state index in [0.717, 1.165) is 12.5 Å². The number of carbonyl (C=O) groups is 2. The average molecular weight is 270 g/mol. The Hall–Kier alpha value is -1.26. The second-order valence-electron chi connectivity index (χ2n) is 5.43. The van der Waals surface area contributed by atoms with E-state index in [0.29, 0.717) is 18.9 Å². The van der Waals surface area contributed by atoms with Crippen LogP contribution in [0.25, 0.3) is 0 Å². The van der Waals surface area contributed by atoms with E-state index in [2.05, 4.69) is 17.6 Å². The fraction of sp³-hybridized carbons (Fsp3) is 0.857. The van der Waals surface area contributed by atoms with Crippen LogP contribution >= 0.6 is 0 Å². The topological polar surface area (TPSA) is 78.4 Å².